The van der Waals surface area contributed by atoms with Crippen molar-refractivity contribution in [1.29, 1.82) is 0 Å². The fourth-order valence-electron chi connectivity index (χ4n) is 1.56. The molecule has 0 saturated carbocycles. The van der Waals surface area contributed by atoms with Crippen molar-refractivity contribution in [3.05, 3.63) is 28.2 Å². The molecule has 0 atom stereocenters. The molecule has 6 nitrogen and oxygen atoms in total. The minimum absolute atomic E-state index is 0.103. The first-order valence-corrected chi connectivity index (χ1v) is 7.08. The highest BCUT2D eigenvalue weighted by molar-refractivity contribution is 9.10. The van der Waals surface area contributed by atoms with Gasteiger partial charge in [-0.2, -0.15) is 0 Å². The second kappa shape index (κ2) is 5.62. The molecule has 0 fully saturated rings. The zero-order valence-electron chi connectivity index (χ0n) is 10.00. The van der Waals surface area contributed by atoms with E-state index >= 15 is 0 Å². The van der Waals surface area contributed by atoms with Crippen LogP contribution in [0.25, 0.3) is 11.4 Å². The van der Waals surface area contributed by atoms with Crippen molar-refractivity contribution in [3.8, 4) is 11.4 Å². The molecule has 0 aliphatic carbocycles. The van der Waals surface area contributed by atoms with E-state index < -0.39 is 5.97 Å². The van der Waals surface area contributed by atoms with Gasteiger partial charge in [0.05, 0.1) is 5.75 Å². The van der Waals surface area contributed by atoms with E-state index in [2.05, 4.69) is 26.1 Å². The standard InChI is InChI=1S/C11H11BrN4O2S/c1-6-4-7(12)2-3-8(6)10-14-15-11(16(10)13)19-5-9(17)18/h2-4H,5,13H2,1H3,(H,17,18). The van der Waals surface area contributed by atoms with Crippen molar-refractivity contribution in [3.63, 3.8) is 0 Å². The molecular weight excluding hydrogens is 332 g/mol. The minimum Gasteiger partial charge on any atom is -0.481 e. The number of hydrogen-bond donors (Lipinski definition) is 2. The van der Waals surface area contributed by atoms with E-state index in [0.29, 0.717) is 11.0 Å². The molecule has 0 aliphatic rings. The third-order valence-corrected chi connectivity index (χ3v) is 3.84. The molecule has 0 unspecified atom stereocenters. The minimum atomic E-state index is -0.922. The largest absolute Gasteiger partial charge is 0.481 e. The van der Waals surface area contributed by atoms with Gasteiger partial charge in [0.2, 0.25) is 5.16 Å². The zero-order valence-corrected chi connectivity index (χ0v) is 12.4. The summed E-state index contributed by atoms with van der Waals surface area (Å²) in [6.07, 6.45) is 0. The highest BCUT2D eigenvalue weighted by atomic mass is 79.9. The number of rotatable bonds is 4. The van der Waals surface area contributed by atoms with Gasteiger partial charge in [-0.15, -0.1) is 10.2 Å². The quantitative estimate of drug-likeness (QED) is 0.651. The molecule has 2 rings (SSSR count). The molecule has 1 heterocycles. The second-order valence-corrected chi connectivity index (χ2v) is 5.68. The maximum atomic E-state index is 10.5. The number of benzene rings is 1. The van der Waals surface area contributed by atoms with Gasteiger partial charge in [0.15, 0.2) is 5.82 Å². The first-order chi connectivity index (χ1) is 8.99. The van der Waals surface area contributed by atoms with Crippen molar-refractivity contribution >= 4 is 33.7 Å². The lowest BCUT2D eigenvalue weighted by molar-refractivity contribution is -0.133. The second-order valence-electron chi connectivity index (χ2n) is 3.82. The summed E-state index contributed by atoms with van der Waals surface area (Å²) in [6.45, 7) is 1.94. The summed E-state index contributed by atoms with van der Waals surface area (Å²) in [5, 5.41) is 16.9. The number of aryl methyl sites for hydroxylation is 1. The molecule has 0 spiro atoms. The van der Waals surface area contributed by atoms with Crippen molar-refractivity contribution < 1.29 is 9.90 Å². The summed E-state index contributed by atoms with van der Waals surface area (Å²) in [5.74, 6) is 5.38. The van der Waals surface area contributed by atoms with Gasteiger partial charge in [0.25, 0.3) is 0 Å². The first-order valence-electron chi connectivity index (χ1n) is 5.30. The third kappa shape index (κ3) is 3.07. The van der Waals surface area contributed by atoms with E-state index in [-0.39, 0.29) is 5.75 Å². The van der Waals surface area contributed by atoms with Gasteiger partial charge >= 0.3 is 5.97 Å². The van der Waals surface area contributed by atoms with Crippen LogP contribution in [0.5, 0.6) is 0 Å². The SMILES string of the molecule is Cc1cc(Br)ccc1-c1nnc(SCC(=O)O)n1N. The number of halogens is 1. The van der Waals surface area contributed by atoms with E-state index in [0.717, 1.165) is 27.4 Å². The number of hydrogen-bond acceptors (Lipinski definition) is 5. The lowest BCUT2D eigenvalue weighted by Crippen LogP contribution is -2.12. The Morgan fingerprint density at radius 1 is 1.53 bits per heavy atom. The topological polar surface area (TPSA) is 94.0 Å². The van der Waals surface area contributed by atoms with Crippen molar-refractivity contribution in [2.75, 3.05) is 11.6 Å². The smallest absolute Gasteiger partial charge is 0.313 e. The maximum Gasteiger partial charge on any atom is 0.313 e. The molecule has 0 aliphatic heterocycles. The van der Waals surface area contributed by atoms with Crippen molar-refractivity contribution in [2.24, 2.45) is 0 Å². The number of carbonyl (C=O) groups is 1. The molecule has 1 aromatic carbocycles. The third-order valence-electron chi connectivity index (χ3n) is 2.42. The number of carboxylic acids is 1. The molecule has 0 bridgehead atoms. The van der Waals surface area contributed by atoms with Crippen molar-refractivity contribution in [1.82, 2.24) is 14.9 Å². The number of aromatic nitrogens is 3. The van der Waals surface area contributed by atoms with Crippen LogP contribution in [-0.2, 0) is 4.79 Å². The number of aliphatic carboxylic acids is 1. The highest BCUT2D eigenvalue weighted by Crippen LogP contribution is 2.26. The number of nitrogen functional groups attached to an aromatic ring is 1. The Bertz CT molecular complexity index is 629. The number of nitrogens with zero attached hydrogens (tertiary/aromatic N) is 3. The van der Waals surface area contributed by atoms with E-state index in [9.17, 15) is 4.79 Å². The van der Waals surface area contributed by atoms with Gasteiger partial charge in [-0.25, -0.2) is 4.68 Å². The molecule has 2 aromatic rings. The van der Waals surface area contributed by atoms with Crippen LogP contribution in [0.2, 0.25) is 0 Å². The van der Waals surface area contributed by atoms with Gasteiger partial charge in [-0.05, 0) is 30.7 Å². The molecule has 1 aromatic heterocycles. The van der Waals surface area contributed by atoms with Gasteiger partial charge < -0.3 is 10.9 Å². The van der Waals surface area contributed by atoms with Crippen LogP contribution in [0, 0.1) is 6.92 Å². The number of nitrogens with two attached hydrogens (primary N) is 1. The van der Waals surface area contributed by atoms with Gasteiger partial charge in [-0.1, -0.05) is 27.7 Å². The van der Waals surface area contributed by atoms with E-state index in [1.54, 1.807) is 0 Å². The molecule has 0 amide bonds. The summed E-state index contributed by atoms with van der Waals surface area (Å²) >= 11 is 4.43. The van der Waals surface area contributed by atoms with E-state index in [4.69, 9.17) is 10.9 Å². The average Bonchev–Trinajstić information content (AvgIpc) is 2.68. The van der Waals surface area contributed by atoms with E-state index in [1.807, 2.05) is 25.1 Å². The summed E-state index contributed by atoms with van der Waals surface area (Å²) in [6, 6.07) is 5.73. The van der Waals surface area contributed by atoms with Crippen LogP contribution in [-0.4, -0.2) is 31.7 Å². The summed E-state index contributed by atoms with van der Waals surface area (Å²) < 4.78 is 2.28. The van der Waals surface area contributed by atoms with Gasteiger partial charge in [0, 0.05) is 10.0 Å². The fraction of sp³-hybridized carbons (Fsp3) is 0.182. The Morgan fingerprint density at radius 2 is 2.26 bits per heavy atom. The Morgan fingerprint density at radius 3 is 2.89 bits per heavy atom. The van der Waals surface area contributed by atoms with Crippen LogP contribution in [0.15, 0.2) is 27.8 Å². The molecule has 0 radical (unpaired) electrons. The number of thioether (sulfide) groups is 1. The Hall–Kier alpha value is -1.54. The normalized spacial score (nSPS) is 10.6. The summed E-state index contributed by atoms with van der Waals surface area (Å²) in [5.41, 5.74) is 1.86. The average molecular weight is 343 g/mol. The van der Waals surface area contributed by atoms with Crippen LogP contribution in [0.4, 0.5) is 0 Å². The molecule has 0 saturated heterocycles. The molecule has 8 heteroatoms. The fourth-order valence-corrected chi connectivity index (χ4v) is 2.62. The van der Waals surface area contributed by atoms with Gasteiger partial charge in [0.1, 0.15) is 0 Å². The maximum absolute atomic E-state index is 10.5. The van der Waals surface area contributed by atoms with Gasteiger partial charge in [-0.3, -0.25) is 4.79 Å². The molecule has 100 valence electrons. The predicted octanol–water partition coefficient (Wildman–Crippen LogP) is 1.91. The van der Waals surface area contributed by atoms with Crippen LogP contribution >= 0.6 is 27.7 Å². The van der Waals surface area contributed by atoms with Crippen LogP contribution in [0.1, 0.15) is 5.56 Å². The van der Waals surface area contributed by atoms with Crippen molar-refractivity contribution in [2.45, 2.75) is 12.1 Å². The van der Waals surface area contributed by atoms with Crippen LogP contribution < -0.4 is 5.84 Å². The van der Waals surface area contributed by atoms with Crippen LogP contribution in [0.3, 0.4) is 0 Å². The summed E-state index contributed by atoms with van der Waals surface area (Å²) in [4.78, 5) is 10.5. The predicted molar refractivity (Wildman–Crippen MR) is 76.4 cm³/mol. The molecule has 19 heavy (non-hydrogen) atoms. The summed E-state index contributed by atoms with van der Waals surface area (Å²) in [7, 11) is 0. The Kier molecular flexibility index (Phi) is 4.11. The lowest BCUT2D eigenvalue weighted by atomic mass is 10.1. The van der Waals surface area contributed by atoms with E-state index in [1.165, 1.54) is 4.68 Å². The highest BCUT2D eigenvalue weighted by Gasteiger charge is 2.14. The molecule has 3 N–H and O–H groups in total. The first kappa shape index (κ1) is 13.9. The Balaban J connectivity index is 2.33. The molecular formula is C11H11BrN4O2S. The zero-order chi connectivity index (χ0) is 14.0. The Labute approximate surface area is 122 Å². The lowest BCUT2D eigenvalue weighted by Gasteiger charge is -2.06. The number of carboxylic acid groups (broad SMARTS) is 1. The monoisotopic (exact) mass is 342 g/mol.